The summed E-state index contributed by atoms with van der Waals surface area (Å²) in [5, 5.41) is 39.7. The second-order valence-corrected chi connectivity index (χ2v) is 39.1. The van der Waals surface area contributed by atoms with Crippen LogP contribution in [0.5, 0.6) is 23.0 Å². The van der Waals surface area contributed by atoms with Crippen molar-refractivity contribution in [1.82, 2.24) is 37.9 Å². The molecular formula is C87H105AlBBr3Cl3N9O11. The molecule has 0 saturated heterocycles. The van der Waals surface area contributed by atoms with E-state index in [1.165, 1.54) is 94.2 Å². The van der Waals surface area contributed by atoms with E-state index < -0.39 is 28.2 Å². The van der Waals surface area contributed by atoms with Crippen LogP contribution in [0.3, 0.4) is 0 Å². The number of carbonyl (C=O) groups excluding carboxylic acids is 4. The number of nitro groups is 1. The molecule has 0 radical (unpaired) electrons. The van der Waals surface area contributed by atoms with E-state index in [1.54, 1.807) is 37.4 Å². The highest BCUT2D eigenvalue weighted by molar-refractivity contribution is 9.69. The molecule has 4 heterocycles. The summed E-state index contributed by atoms with van der Waals surface area (Å²) in [4.78, 5) is 61.9. The summed E-state index contributed by atoms with van der Waals surface area (Å²) >= 11 is 7.59. The maximum Gasteiger partial charge on any atom is 0.643 e. The van der Waals surface area contributed by atoms with Gasteiger partial charge in [0.1, 0.15) is 23.0 Å². The number of esters is 3. The van der Waals surface area contributed by atoms with Gasteiger partial charge in [-0.25, -0.2) is 30.1 Å². The molecule has 0 atom stereocenters. The van der Waals surface area contributed by atoms with E-state index in [2.05, 4.69) is 242 Å². The monoisotopic (exact) mass is 1830 g/mol. The highest BCUT2D eigenvalue weighted by Gasteiger charge is 2.19. The predicted molar refractivity (Wildman–Crippen MR) is 492 cm³/mol. The second kappa shape index (κ2) is 49.3. The molecule has 0 fully saturated rings. The zero-order valence-electron chi connectivity index (χ0n) is 67.8. The van der Waals surface area contributed by atoms with Gasteiger partial charge in [-0.15, -0.1) is 47.3 Å². The molecule has 0 aliphatic carbocycles. The van der Waals surface area contributed by atoms with Gasteiger partial charge in [-0.2, -0.15) is 0 Å². The van der Waals surface area contributed by atoms with Crippen molar-refractivity contribution in [2.24, 2.45) is 0 Å². The number of hydrogen-bond donors (Lipinski definition) is 2. The first-order valence-corrected chi connectivity index (χ1v) is 46.4. The van der Waals surface area contributed by atoms with Gasteiger partial charge in [-0.3, -0.25) is 29.3 Å². The largest absolute Gasteiger partial charge is 0.643 e. The van der Waals surface area contributed by atoms with Gasteiger partial charge >= 0.3 is 32.5 Å². The Morgan fingerprint density at radius 3 is 1.02 bits per heavy atom. The quantitative estimate of drug-likeness (QED) is 0.0110. The number of ketones is 1. The van der Waals surface area contributed by atoms with Crippen molar-refractivity contribution in [3.05, 3.63) is 210 Å². The van der Waals surface area contributed by atoms with Gasteiger partial charge in [0, 0.05) is 175 Å². The summed E-state index contributed by atoms with van der Waals surface area (Å²) < 4.78 is 24.3. The van der Waals surface area contributed by atoms with Gasteiger partial charge in [-0.1, -0.05) is 146 Å². The standard InChI is InChI=1S/2C20H24N2O2.C19H24N2O.C18H22N2O.C6H5NO2.C4H6O3.Al.BBr3.3ClH/c1-4-21(5-2)10-11-22-18-9-7-6-8-15(18)17-12-16(14(3)23)20(24)13-19(17)22;1-4-21(5-2)12-13-22-19-9-7-6-8-17(19)18-11-10-16(14-20(18)22)24-15(3)23;1-4-20(5-2)12-13-21-18-9-7-6-8-16(18)17-11-10-15(22-3)14-19(17)21;1-3-19(4-2)11-12-20-17-8-6-5-7-15(17)16-10-9-14(21)13-18(16)20;8-7(9)6-4-2-1-3-5-6;1-3(5)7-4(2)6;;2-1(3)4;;;/h6-9,12-13,24H,4-5,10-11H2,1-3H3;6-11,14H,4-5,12-13H2,1-3H3;6-11,14H,4-5,12-13H2,1-3H3;5-10,13,21H,3-4,11-12H2,1-2H3;1-5H;1-2H3;;;3*1H/q;;;;;;+3;;;;/p-3. The Labute approximate surface area is 716 Å². The van der Waals surface area contributed by atoms with Gasteiger partial charge in [0.15, 0.2) is 5.78 Å². The lowest BCUT2D eigenvalue weighted by atomic mass is 10.1. The Balaban J connectivity index is 0.000000217. The van der Waals surface area contributed by atoms with Gasteiger partial charge in [0.05, 0.1) is 39.7 Å². The number of rotatable bonds is 24. The summed E-state index contributed by atoms with van der Waals surface area (Å²) in [5.41, 5.74) is 9.89. The number of likely N-dealkylation sites (N-methyl/N-ethyl adjacent to an activating group) is 4. The van der Waals surface area contributed by atoms with Crippen LogP contribution in [0.4, 0.5) is 5.69 Å². The minimum absolute atomic E-state index is 0.0573. The summed E-state index contributed by atoms with van der Waals surface area (Å²) in [6.07, 6.45) is 0. The maximum absolute atomic E-state index is 11.8. The number of benzene rings is 9. The van der Waals surface area contributed by atoms with Crippen molar-refractivity contribution in [1.29, 1.82) is 0 Å². The first-order chi connectivity index (χ1) is 55.1. The Bertz CT molecular complexity index is 5260. The van der Waals surface area contributed by atoms with E-state index in [-0.39, 0.29) is 26.4 Å². The molecule has 4 aromatic heterocycles. The maximum atomic E-state index is 11.8. The Kier molecular flexibility index (Phi) is 41.1. The summed E-state index contributed by atoms with van der Waals surface area (Å²) in [6, 6.07) is 63.2. The molecule has 0 aliphatic rings. The molecule has 0 amide bonds. The molecule has 2 N–H and O–H groups in total. The number of phenols is 2. The number of phenolic OH excluding ortho intramolecular Hbond substituents is 2. The Morgan fingerprint density at radius 1 is 0.417 bits per heavy atom. The third kappa shape index (κ3) is 28.4. The van der Waals surface area contributed by atoms with Gasteiger partial charge < -0.3 is 62.3 Å². The summed E-state index contributed by atoms with van der Waals surface area (Å²) in [6.45, 7) is 39.0. The van der Waals surface area contributed by atoms with Crippen LogP contribution in [0.15, 0.2) is 194 Å². The van der Waals surface area contributed by atoms with E-state index in [1.807, 2.05) is 54.6 Å². The fraction of sp³-hybridized carbons (Fsp3) is 0.333. The van der Waals surface area contributed by atoms with Crippen LogP contribution in [-0.2, 0) is 45.3 Å². The molecule has 0 bridgehead atoms. The first-order valence-electron chi connectivity index (χ1n) is 38.4. The number of nitro benzene ring substituents is 1. The number of carbonyl (C=O) groups is 4. The third-order valence-electron chi connectivity index (χ3n) is 19.4. The lowest BCUT2D eigenvalue weighted by Gasteiger charge is -2.19. The SMILES string of the molecule is BrB(Br)Br.CC(=O)OC(C)=O.CCN(CC)CCn1c2ccccc2c2cc(C(C)=O)c(O)cc21.CCN(CC)CCn1c2ccccc2c2ccc(O)cc21.CCN(CC)CCn1c2ccccc2c2ccc(OC(C)=O)cc21.CCN(CC)CCn1c2ccccc2c2ccc(OC)cc21.O=[N+]([O-])c1ccccc1.[Cl][Al]([Cl])[Cl]. The Morgan fingerprint density at radius 2 is 0.713 bits per heavy atom. The minimum Gasteiger partial charge on any atom is -0.508 e. The average Bonchev–Trinajstić information content (AvgIpc) is 1.62. The molecule has 13 rings (SSSR count). The van der Waals surface area contributed by atoms with E-state index in [4.69, 9.17) is 39.6 Å². The van der Waals surface area contributed by atoms with Crippen LogP contribution in [0.2, 0.25) is 0 Å². The van der Waals surface area contributed by atoms with Crippen LogP contribution in [0.1, 0.15) is 93.4 Å². The summed E-state index contributed by atoms with van der Waals surface area (Å²) in [7, 11) is 16.6. The first kappa shape index (κ1) is 95.9. The molecule has 20 nitrogen and oxygen atoms in total. The fourth-order valence-corrected chi connectivity index (χ4v) is 13.7. The van der Waals surface area contributed by atoms with Crippen molar-refractivity contribution in [2.45, 2.75) is 109 Å². The van der Waals surface area contributed by atoms with E-state index >= 15 is 0 Å². The molecular weight excluding hydrogens is 1730 g/mol. The molecule has 0 saturated carbocycles. The normalized spacial score (nSPS) is 10.8. The predicted octanol–water partition coefficient (Wildman–Crippen LogP) is 21.6. The lowest BCUT2D eigenvalue weighted by Crippen LogP contribution is -2.26. The zero-order valence-corrected chi connectivity index (χ0v) is 76.0. The van der Waals surface area contributed by atoms with E-state index in [0.717, 1.165) is 143 Å². The Hall–Kier alpha value is -7.99. The number of nitrogens with zero attached hydrogens (tertiary/aromatic N) is 9. The van der Waals surface area contributed by atoms with E-state index in [9.17, 15) is 39.5 Å². The second-order valence-electron chi connectivity index (χ2n) is 26.3. The smallest absolute Gasteiger partial charge is 0.508 e. The number of Topliss-reactive ketones (excluding diaryl/α,β-unsaturated/α-hetero) is 1. The molecule has 13 aromatic rings. The van der Waals surface area contributed by atoms with Crippen LogP contribution >= 0.6 is 77.4 Å². The number of aromatic nitrogens is 4. The van der Waals surface area contributed by atoms with Crippen molar-refractivity contribution in [2.75, 3.05) is 85.6 Å². The van der Waals surface area contributed by atoms with Crippen LogP contribution in [0.25, 0.3) is 87.2 Å². The lowest BCUT2D eigenvalue weighted by molar-refractivity contribution is -0.384. The zero-order chi connectivity index (χ0) is 84.4. The highest BCUT2D eigenvalue weighted by Crippen LogP contribution is 2.37. The summed E-state index contributed by atoms with van der Waals surface area (Å²) in [5.74, 6) is 0.368. The number of hydrogen-bond acceptors (Lipinski definition) is 15. The third-order valence-corrected chi connectivity index (χ3v) is 19.4. The molecule has 0 spiro atoms. The molecule has 115 heavy (non-hydrogen) atoms. The van der Waals surface area contributed by atoms with Crippen LogP contribution in [-0.4, -0.2) is 177 Å². The van der Waals surface area contributed by atoms with Crippen molar-refractivity contribution in [3.8, 4) is 23.0 Å². The number of non-ortho nitro benzene ring substituents is 1. The van der Waals surface area contributed by atoms with Gasteiger partial charge in [0.2, 0.25) is 0 Å². The number of halogens is 6. The highest BCUT2D eigenvalue weighted by atomic mass is 79.9. The van der Waals surface area contributed by atoms with Crippen molar-refractivity contribution >= 4 is 209 Å². The number of para-hydroxylation sites is 5. The van der Waals surface area contributed by atoms with E-state index in [0.29, 0.717) is 17.1 Å². The minimum atomic E-state index is -1.72. The van der Waals surface area contributed by atoms with Gasteiger partial charge in [0.25, 0.3) is 5.69 Å². The van der Waals surface area contributed by atoms with Crippen molar-refractivity contribution < 1.29 is 48.5 Å². The van der Waals surface area contributed by atoms with Crippen molar-refractivity contribution in [3.63, 3.8) is 0 Å². The number of ether oxygens (including phenoxy) is 3. The number of fused-ring (bicyclic) bond motifs is 12. The van der Waals surface area contributed by atoms with Gasteiger partial charge in [-0.05, 0) is 126 Å². The van der Waals surface area contributed by atoms with Crippen LogP contribution in [0, 0.1) is 10.1 Å². The number of methoxy groups -OCH3 is 1. The molecule has 28 heteroatoms. The topological polar surface area (TPSA) is 212 Å². The average molecular weight is 1840 g/mol. The molecule has 9 aromatic carbocycles. The molecule has 0 aliphatic heterocycles. The number of aromatic hydroxyl groups is 2. The fourth-order valence-electron chi connectivity index (χ4n) is 13.7. The van der Waals surface area contributed by atoms with Crippen LogP contribution < -0.4 is 9.47 Å². The molecule has 0 unspecified atom stereocenters. The molecule has 612 valence electrons.